The van der Waals surface area contributed by atoms with Crippen LogP contribution in [-0.4, -0.2) is 29.0 Å². The molecule has 5 nitrogen and oxygen atoms in total. The van der Waals surface area contributed by atoms with E-state index in [9.17, 15) is 9.59 Å². The Morgan fingerprint density at radius 3 is 2.43 bits per heavy atom. The number of anilines is 1. The third-order valence-electron chi connectivity index (χ3n) is 3.76. The molecule has 0 spiro atoms. The van der Waals surface area contributed by atoms with Crippen LogP contribution < -0.4 is 4.90 Å². The molecule has 0 saturated carbocycles. The van der Waals surface area contributed by atoms with Gasteiger partial charge in [0, 0.05) is 12.7 Å². The fourth-order valence-electron chi connectivity index (χ4n) is 2.29. The molecule has 1 heterocycles. The molecule has 0 fully saturated rings. The van der Waals surface area contributed by atoms with E-state index in [2.05, 4.69) is 18.8 Å². The van der Waals surface area contributed by atoms with Crippen molar-refractivity contribution in [2.45, 2.75) is 26.7 Å². The lowest BCUT2D eigenvalue weighted by Crippen LogP contribution is -2.27. The monoisotopic (exact) mass is 312 g/mol. The first-order chi connectivity index (χ1) is 10.8. The van der Waals surface area contributed by atoms with Crippen molar-refractivity contribution in [2.75, 3.05) is 11.9 Å². The number of benzene rings is 1. The molecular formula is C18H20N2O3. The summed E-state index contributed by atoms with van der Waals surface area (Å²) in [6.45, 7) is 5.77. The van der Waals surface area contributed by atoms with E-state index in [1.165, 1.54) is 17.0 Å². The fourth-order valence-corrected chi connectivity index (χ4v) is 2.29. The Balaban J connectivity index is 2.31. The molecule has 2 aromatic rings. The molecule has 0 aliphatic rings. The van der Waals surface area contributed by atoms with Gasteiger partial charge in [-0.25, -0.2) is 9.78 Å². The molecule has 5 heteroatoms. The van der Waals surface area contributed by atoms with Crippen LogP contribution in [0.25, 0.3) is 0 Å². The van der Waals surface area contributed by atoms with Gasteiger partial charge in [0.25, 0.3) is 5.91 Å². The summed E-state index contributed by atoms with van der Waals surface area (Å²) in [5.41, 5.74) is 2.58. The van der Waals surface area contributed by atoms with Crippen LogP contribution in [0.4, 0.5) is 5.69 Å². The number of carbonyl (C=O) groups excluding carboxylic acids is 1. The summed E-state index contributed by atoms with van der Waals surface area (Å²) in [5, 5.41) is 9.03. The Morgan fingerprint density at radius 1 is 1.17 bits per heavy atom. The van der Waals surface area contributed by atoms with Crippen LogP contribution in [0.3, 0.4) is 0 Å². The number of hydrogen-bond donors (Lipinski definition) is 1. The van der Waals surface area contributed by atoms with Crippen molar-refractivity contribution in [1.82, 2.24) is 4.98 Å². The van der Waals surface area contributed by atoms with Gasteiger partial charge in [0.2, 0.25) is 0 Å². The van der Waals surface area contributed by atoms with Crippen LogP contribution in [0.1, 0.15) is 51.9 Å². The molecule has 0 saturated heterocycles. The molecule has 1 amide bonds. The molecule has 1 N–H and O–H groups in total. The summed E-state index contributed by atoms with van der Waals surface area (Å²) in [6, 6.07) is 10.6. The molecule has 0 unspecified atom stereocenters. The van der Waals surface area contributed by atoms with Gasteiger partial charge in [-0.1, -0.05) is 26.0 Å². The maximum atomic E-state index is 12.6. The molecule has 120 valence electrons. The minimum atomic E-state index is -1.05. The van der Waals surface area contributed by atoms with Crippen molar-refractivity contribution in [2.24, 2.45) is 0 Å². The van der Waals surface area contributed by atoms with Gasteiger partial charge < -0.3 is 10.0 Å². The summed E-state index contributed by atoms with van der Waals surface area (Å²) >= 11 is 0. The highest BCUT2D eigenvalue weighted by Crippen LogP contribution is 2.22. The standard InChI is InChI=1S/C18H20N2O3/c1-11(2)13-6-5-7-14(10-13)20(4)17(21)16-9-8-15(18(22)23)12(3)19-16/h5-11H,1-4H3,(H,22,23). The van der Waals surface area contributed by atoms with Crippen LogP contribution in [-0.2, 0) is 0 Å². The second-order valence-electron chi connectivity index (χ2n) is 5.75. The fraction of sp³-hybridized carbons (Fsp3) is 0.278. The molecule has 2 rings (SSSR count). The normalized spacial score (nSPS) is 10.7. The SMILES string of the molecule is Cc1nc(C(=O)N(C)c2cccc(C(C)C)c2)ccc1C(=O)O. The van der Waals surface area contributed by atoms with Gasteiger partial charge in [-0.2, -0.15) is 0 Å². The van der Waals surface area contributed by atoms with Crippen molar-refractivity contribution in [3.8, 4) is 0 Å². The highest BCUT2D eigenvalue weighted by molar-refractivity contribution is 6.04. The van der Waals surface area contributed by atoms with Crippen LogP contribution in [0.2, 0.25) is 0 Å². The van der Waals surface area contributed by atoms with E-state index in [1.807, 2.05) is 24.3 Å². The average molecular weight is 312 g/mol. The number of amides is 1. The number of aromatic carboxylic acids is 1. The molecular weight excluding hydrogens is 292 g/mol. The Bertz CT molecular complexity index is 754. The number of rotatable bonds is 4. The number of carboxylic acid groups (broad SMARTS) is 1. The summed E-state index contributed by atoms with van der Waals surface area (Å²) in [5.74, 6) is -0.952. The topological polar surface area (TPSA) is 70.5 Å². The number of hydrogen-bond acceptors (Lipinski definition) is 3. The number of carboxylic acids is 1. The van der Waals surface area contributed by atoms with E-state index in [-0.39, 0.29) is 17.2 Å². The lowest BCUT2D eigenvalue weighted by molar-refractivity contribution is 0.0695. The van der Waals surface area contributed by atoms with Crippen LogP contribution in [0.5, 0.6) is 0 Å². The maximum absolute atomic E-state index is 12.6. The number of aromatic nitrogens is 1. The first-order valence-electron chi connectivity index (χ1n) is 7.40. The zero-order chi connectivity index (χ0) is 17.1. The van der Waals surface area contributed by atoms with E-state index < -0.39 is 5.97 Å². The highest BCUT2D eigenvalue weighted by Gasteiger charge is 2.18. The molecule has 0 aliphatic carbocycles. The van der Waals surface area contributed by atoms with Gasteiger partial charge in [0.15, 0.2) is 0 Å². The quantitative estimate of drug-likeness (QED) is 0.938. The number of nitrogens with zero attached hydrogens (tertiary/aromatic N) is 2. The average Bonchev–Trinajstić information content (AvgIpc) is 2.53. The predicted molar refractivity (Wildman–Crippen MR) is 89.2 cm³/mol. The first kappa shape index (κ1) is 16.7. The lowest BCUT2D eigenvalue weighted by atomic mass is 10.0. The van der Waals surface area contributed by atoms with Crippen LogP contribution >= 0.6 is 0 Å². The molecule has 23 heavy (non-hydrogen) atoms. The van der Waals surface area contributed by atoms with Crippen molar-refractivity contribution in [1.29, 1.82) is 0 Å². The number of carbonyl (C=O) groups is 2. The van der Waals surface area contributed by atoms with E-state index in [1.54, 1.807) is 14.0 Å². The van der Waals surface area contributed by atoms with Gasteiger partial charge in [-0.05, 0) is 42.7 Å². The molecule has 1 aromatic carbocycles. The van der Waals surface area contributed by atoms with Gasteiger partial charge in [-0.15, -0.1) is 0 Å². The summed E-state index contributed by atoms with van der Waals surface area (Å²) in [6.07, 6.45) is 0. The first-order valence-corrected chi connectivity index (χ1v) is 7.40. The van der Waals surface area contributed by atoms with Gasteiger partial charge in [0.1, 0.15) is 5.69 Å². The van der Waals surface area contributed by atoms with Gasteiger partial charge in [-0.3, -0.25) is 4.79 Å². The van der Waals surface area contributed by atoms with Gasteiger partial charge in [0.05, 0.1) is 11.3 Å². The van der Waals surface area contributed by atoms with Crippen LogP contribution in [0.15, 0.2) is 36.4 Å². The zero-order valence-electron chi connectivity index (χ0n) is 13.7. The largest absolute Gasteiger partial charge is 0.478 e. The Hall–Kier alpha value is -2.69. The van der Waals surface area contributed by atoms with Crippen LogP contribution in [0, 0.1) is 6.92 Å². The molecule has 0 aliphatic heterocycles. The van der Waals surface area contributed by atoms with Crippen molar-refractivity contribution >= 4 is 17.6 Å². The third kappa shape index (κ3) is 3.56. The van der Waals surface area contributed by atoms with Crippen molar-refractivity contribution in [3.63, 3.8) is 0 Å². The molecule has 0 bridgehead atoms. The molecule has 1 aromatic heterocycles. The Morgan fingerprint density at radius 2 is 1.87 bits per heavy atom. The number of aryl methyl sites for hydroxylation is 1. The second-order valence-corrected chi connectivity index (χ2v) is 5.75. The van der Waals surface area contributed by atoms with Crippen molar-refractivity contribution in [3.05, 3.63) is 58.9 Å². The highest BCUT2D eigenvalue weighted by atomic mass is 16.4. The van der Waals surface area contributed by atoms with E-state index >= 15 is 0 Å². The third-order valence-corrected chi connectivity index (χ3v) is 3.76. The Labute approximate surface area is 135 Å². The molecule has 0 atom stereocenters. The van der Waals surface area contributed by atoms with E-state index in [0.717, 1.165) is 11.3 Å². The zero-order valence-corrected chi connectivity index (χ0v) is 13.7. The van der Waals surface area contributed by atoms with E-state index in [0.29, 0.717) is 11.6 Å². The minimum Gasteiger partial charge on any atom is -0.478 e. The lowest BCUT2D eigenvalue weighted by Gasteiger charge is -2.19. The second kappa shape index (κ2) is 6.60. The smallest absolute Gasteiger partial charge is 0.337 e. The summed E-state index contributed by atoms with van der Waals surface area (Å²) in [4.78, 5) is 29.2. The van der Waals surface area contributed by atoms with Crippen molar-refractivity contribution < 1.29 is 14.7 Å². The maximum Gasteiger partial charge on any atom is 0.337 e. The Kier molecular flexibility index (Phi) is 4.79. The molecule has 0 radical (unpaired) electrons. The summed E-state index contributed by atoms with van der Waals surface area (Å²) < 4.78 is 0. The predicted octanol–water partition coefficient (Wildman–Crippen LogP) is 3.49. The number of pyridine rings is 1. The summed E-state index contributed by atoms with van der Waals surface area (Å²) in [7, 11) is 1.68. The van der Waals surface area contributed by atoms with E-state index in [4.69, 9.17) is 5.11 Å². The van der Waals surface area contributed by atoms with Gasteiger partial charge >= 0.3 is 5.97 Å². The minimum absolute atomic E-state index is 0.103.